The van der Waals surface area contributed by atoms with Gasteiger partial charge in [-0.15, -0.1) is 11.3 Å². The highest BCUT2D eigenvalue weighted by Gasteiger charge is 2.23. The molecule has 1 saturated heterocycles. The zero-order valence-corrected chi connectivity index (χ0v) is 19.2. The maximum atomic E-state index is 12.5. The van der Waals surface area contributed by atoms with E-state index in [-0.39, 0.29) is 5.56 Å². The first kappa shape index (κ1) is 20.5. The Morgan fingerprint density at radius 1 is 1.10 bits per heavy atom. The number of hydrogen-bond acceptors (Lipinski definition) is 7. The molecule has 1 unspecified atom stereocenters. The first-order valence-corrected chi connectivity index (χ1v) is 13.4. The number of nitrogens with one attached hydrogen (secondary N) is 1. The molecule has 162 valence electrons. The molecule has 30 heavy (non-hydrogen) atoms. The van der Waals surface area contributed by atoms with E-state index < -0.39 is 0 Å². The van der Waals surface area contributed by atoms with Crippen molar-refractivity contribution in [3.05, 3.63) is 38.2 Å². The molecule has 0 spiro atoms. The van der Waals surface area contributed by atoms with Gasteiger partial charge in [-0.1, -0.05) is 6.42 Å². The molecule has 2 aromatic rings. The Morgan fingerprint density at radius 2 is 2.03 bits per heavy atom. The lowest BCUT2D eigenvalue weighted by Crippen LogP contribution is -2.45. The van der Waals surface area contributed by atoms with Crippen molar-refractivity contribution in [2.45, 2.75) is 69.7 Å². The Hall–Kier alpha value is -1.38. The minimum atomic E-state index is 0.0521. The highest BCUT2D eigenvalue weighted by molar-refractivity contribution is 7.98. The fraction of sp³-hybridized carbons (Fsp3) is 0.682. The third-order valence-electron chi connectivity index (χ3n) is 6.59. The summed E-state index contributed by atoms with van der Waals surface area (Å²) in [5, 5.41) is 9.42. The number of anilines is 1. The lowest BCUT2D eigenvalue weighted by Gasteiger charge is -2.35. The van der Waals surface area contributed by atoms with Crippen molar-refractivity contribution < 1.29 is 0 Å². The van der Waals surface area contributed by atoms with Crippen LogP contribution in [0.4, 0.5) is 5.13 Å². The molecule has 6 nitrogen and oxygen atoms in total. The first-order chi connectivity index (χ1) is 14.8. The van der Waals surface area contributed by atoms with Gasteiger partial charge >= 0.3 is 0 Å². The molecule has 2 aromatic heterocycles. The molecule has 0 aromatic carbocycles. The van der Waals surface area contributed by atoms with E-state index in [2.05, 4.69) is 10.2 Å². The molecule has 0 amide bonds. The second-order valence-corrected chi connectivity index (χ2v) is 10.8. The first-order valence-electron chi connectivity index (χ1n) is 11.4. The summed E-state index contributed by atoms with van der Waals surface area (Å²) in [4.78, 5) is 21.4. The Balaban J connectivity index is 1.20. The summed E-state index contributed by atoms with van der Waals surface area (Å²) < 4.78 is 1.70. The smallest absolute Gasteiger partial charge is 0.267 e. The number of aromatic nitrogens is 3. The lowest BCUT2D eigenvalue weighted by atomic mass is 10.0. The van der Waals surface area contributed by atoms with Gasteiger partial charge in [-0.05, 0) is 56.4 Å². The molecule has 1 fully saturated rings. The molecular weight excluding hydrogens is 414 g/mol. The van der Waals surface area contributed by atoms with E-state index in [1.165, 1.54) is 49.1 Å². The van der Waals surface area contributed by atoms with Gasteiger partial charge in [0, 0.05) is 42.2 Å². The summed E-state index contributed by atoms with van der Waals surface area (Å²) in [6, 6.07) is 2.32. The average Bonchev–Trinajstić information content (AvgIpc) is 3.20. The fourth-order valence-electron chi connectivity index (χ4n) is 4.85. The number of thiazole rings is 1. The maximum absolute atomic E-state index is 12.5. The number of rotatable bonds is 6. The molecule has 2 aliphatic heterocycles. The number of thioether (sulfide) groups is 1. The minimum absolute atomic E-state index is 0.0521. The van der Waals surface area contributed by atoms with Crippen LogP contribution < -0.4 is 10.9 Å². The third kappa shape index (κ3) is 4.60. The van der Waals surface area contributed by atoms with E-state index >= 15 is 0 Å². The predicted octanol–water partition coefficient (Wildman–Crippen LogP) is 3.33. The van der Waals surface area contributed by atoms with Crippen LogP contribution >= 0.6 is 23.1 Å². The average molecular weight is 446 g/mol. The van der Waals surface area contributed by atoms with Crippen molar-refractivity contribution in [3.63, 3.8) is 0 Å². The van der Waals surface area contributed by atoms with Crippen molar-refractivity contribution in [2.75, 3.05) is 30.7 Å². The molecule has 4 heterocycles. The van der Waals surface area contributed by atoms with Crippen molar-refractivity contribution in [3.8, 4) is 0 Å². The Labute approximate surface area is 186 Å². The predicted molar refractivity (Wildman–Crippen MR) is 125 cm³/mol. The van der Waals surface area contributed by atoms with Gasteiger partial charge < -0.3 is 5.32 Å². The van der Waals surface area contributed by atoms with Gasteiger partial charge in [-0.25, -0.2) is 9.67 Å². The molecule has 1 aliphatic carbocycles. The van der Waals surface area contributed by atoms with E-state index in [1.54, 1.807) is 4.68 Å². The lowest BCUT2D eigenvalue weighted by molar-refractivity contribution is 0.148. The number of fused-ring (bicyclic) bond motifs is 2. The van der Waals surface area contributed by atoms with Gasteiger partial charge in [0.15, 0.2) is 5.13 Å². The van der Waals surface area contributed by atoms with Crippen molar-refractivity contribution >= 4 is 28.2 Å². The van der Waals surface area contributed by atoms with Crippen molar-refractivity contribution in [1.82, 2.24) is 19.7 Å². The Kier molecular flexibility index (Phi) is 6.43. The van der Waals surface area contributed by atoms with Crippen LogP contribution in [0, 0.1) is 0 Å². The number of hydrogen-bond donors (Lipinski definition) is 1. The second kappa shape index (κ2) is 9.40. The fourth-order valence-corrected chi connectivity index (χ4v) is 6.86. The highest BCUT2D eigenvalue weighted by Crippen LogP contribution is 2.30. The molecule has 0 radical (unpaired) electrons. The number of piperidine rings is 1. The highest BCUT2D eigenvalue weighted by atomic mass is 32.2. The quantitative estimate of drug-likeness (QED) is 0.736. The molecule has 1 N–H and O–H groups in total. The summed E-state index contributed by atoms with van der Waals surface area (Å²) >= 11 is 3.75. The van der Waals surface area contributed by atoms with Crippen LogP contribution in [0.1, 0.15) is 53.9 Å². The minimum Gasteiger partial charge on any atom is -0.360 e. The topological polar surface area (TPSA) is 63.1 Å². The maximum Gasteiger partial charge on any atom is 0.267 e. The Morgan fingerprint density at radius 3 is 2.97 bits per heavy atom. The van der Waals surface area contributed by atoms with Crippen LogP contribution in [0.5, 0.6) is 0 Å². The van der Waals surface area contributed by atoms with Gasteiger partial charge in [0.05, 0.1) is 17.9 Å². The van der Waals surface area contributed by atoms with Crippen LogP contribution in [-0.4, -0.2) is 51.1 Å². The normalized spacial score (nSPS) is 21.8. The zero-order chi connectivity index (χ0) is 20.3. The molecule has 1 atom stereocenters. The van der Waals surface area contributed by atoms with Crippen molar-refractivity contribution in [2.24, 2.45) is 0 Å². The largest absolute Gasteiger partial charge is 0.360 e. The molecule has 0 bridgehead atoms. The number of likely N-dealkylation sites (tertiary alicyclic amines) is 1. The SMILES string of the molecule is O=c1cc2c(nn1CCN1CCCCC1CNc1nc3c(s1)CCCC3)CCSC2. The molecule has 8 heteroatoms. The molecule has 3 aliphatic rings. The Bertz CT molecular complexity index is 917. The molecule has 5 rings (SSSR count). The molecular formula is C22H31N5OS2. The van der Waals surface area contributed by atoms with Gasteiger partial charge in [0.1, 0.15) is 0 Å². The van der Waals surface area contributed by atoms with E-state index in [0.29, 0.717) is 12.6 Å². The van der Waals surface area contributed by atoms with Crippen LogP contribution in [0.2, 0.25) is 0 Å². The van der Waals surface area contributed by atoms with Gasteiger partial charge in [-0.2, -0.15) is 16.9 Å². The second-order valence-electron chi connectivity index (χ2n) is 8.64. The number of nitrogens with zero attached hydrogens (tertiary/aromatic N) is 4. The van der Waals surface area contributed by atoms with E-state index in [4.69, 9.17) is 10.1 Å². The summed E-state index contributed by atoms with van der Waals surface area (Å²) in [7, 11) is 0. The van der Waals surface area contributed by atoms with Crippen molar-refractivity contribution in [1.29, 1.82) is 0 Å². The number of aryl methyl sites for hydroxylation is 3. The summed E-state index contributed by atoms with van der Waals surface area (Å²) in [6.07, 6.45) is 9.64. The van der Waals surface area contributed by atoms with E-state index in [9.17, 15) is 4.79 Å². The molecule has 0 saturated carbocycles. The summed E-state index contributed by atoms with van der Waals surface area (Å²) in [5.41, 5.74) is 3.64. The van der Waals surface area contributed by atoms with Crippen LogP contribution in [-0.2, 0) is 31.6 Å². The van der Waals surface area contributed by atoms with Crippen LogP contribution in [0.15, 0.2) is 10.9 Å². The van der Waals surface area contributed by atoms with E-state index in [1.807, 2.05) is 29.2 Å². The monoisotopic (exact) mass is 445 g/mol. The van der Waals surface area contributed by atoms with Crippen LogP contribution in [0.3, 0.4) is 0 Å². The summed E-state index contributed by atoms with van der Waals surface area (Å²) in [5.74, 6) is 2.04. The van der Waals surface area contributed by atoms with Gasteiger partial charge in [-0.3, -0.25) is 9.69 Å². The standard InChI is InChI=1S/C22H31N5OS2/c28-21-13-16-15-29-12-8-18(16)25-27(21)11-10-26-9-4-3-5-17(26)14-23-22-24-19-6-1-2-7-20(19)30-22/h13,17H,1-12,14-15H2,(H,23,24). The summed E-state index contributed by atoms with van der Waals surface area (Å²) in [6.45, 7) is 3.62. The van der Waals surface area contributed by atoms with Gasteiger partial charge in [0.25, 0.3) is 5.56 Å². The third-order valence-corrected chi connectivity index (χ3v) is 8.71. The van der Waals surface area contributed by atoms with Gasteiger partial charge in [0.2, 0.25) is 0 Å². The zero-order valence-electron chi connectivity index (χ0n) is 17.6. The van der Waals surface area contributed by atoms with E-state index in [0.717, 1.165) is 60.4 Å². The van der Waals surface area contributed by atoms with Crippen LogP contribution in [0.25, 0.3) is 0 Å².